The monoisotopic (exact) mass is 289 g/mol. The standard InChI is InChI=1S/C19H19N3/c1-21(16-10-5-3-6-11-16)18-14-9-15-20-19(18)22(2)17-12-7-4-8-13-17/h3-15H,1-2H3. The van der Waals surface area contributed by atoms with Crippen molar-refractivity contribution in [3.8, 4) is 0 Å². The van der Waals surface area contributed by atoms with Crippen molar-refractivity contribution in [2.24, 2.45) is 0 Å². The van der Waals surface area contributed by atoms with Crippen molar-refractivity contribution in [2.75, 3.05) is 23.9 Å². The van der Waals surface area contributed by atoms with Crippen molar-refractivity contribution in [3.63, 3.8) is 0 Å². The van der Waals surface area contributed by atoms with Crippen molar-refractivity contribution >= 4 is 22.9 Å². The molecule has 0 bridgehead atoms. The summed E-state index contributed by atoms with van der Waals surface area (Å²) in [7, 11) is 4.11. The molecule has 1 heterocycles. The molecule has 0 spiro atoms. The van der Waals surface area contributed by atoms with E-state index in [-0.39, 0.29) is 0 Å². The zero-order valence-corrected chi connectivity index (χ0v) is 12.8. The molecule has 0 N–H and O–H groups in total. The fourth-order valence-electron chi connectivity index (χ4n) is 2.47. The molecule has 3 rings (SSSR count). The Morgan fingerprint density at radius 1 is 0.636 bits per heavy atom. The van der Waals surface area contributed by atoms with E-state index in [1.165, 1.54) is 0 Å². The summed E-state index contributed by atoms with van der Waals surface area (Å²) < 4.78 is 0. The predicted molar refractivity (Wildman–Crippen MR) is 93.2 cm³/mol. The van der Waals surface area contributed by atoms with E-state index in [9.17, 15) is 0 Å². The number of hydrogen-bond acceptors (Lipinski definition) is 3. The van der Waals surface area contributed by atoms with Gasteiger partial charge in [0.15, 0.2) is 5.82 Å². The number of benzene rings is 2. The van der Waals surface area contributed by atoms with Crippen molar-refractivity contribution in [1.82, 2.24) is 4.98 Å². The van der Waals surface area contributed by atoms with E-state index in [0.717, 1.165) is 22.9 Å². The van der Waals surface area contributed by atoms with E-state index in [1.807, 2.05) is 55.7 Å². The summed E-state index contributed by atoms with van der Waals surface area (Å²) in [5.74, 6) is 0.931. The summed E-state index contributed by atoms with van der Waals surface area (Å²) in [5, 5.41) is 0. The van der Waals surface area contributed by atoms with Crippen LogP contribution in [0.3, 0.4) is 0 Å². The maximum atomic E-state index is 4.59. The second kappa shape index (κ2) is 6.31. The molecule has 0 aliphatic rings. The molecule has 0 fully saturated rings. The van der Waals surface area contributed by atoms with E-state index in [2.05, 4.69) is 52.2 Å². The molecule has 0 radical (unpaired) electrons. The lowest BCUT2D eigenvalue weighted by Crippen LogP contribution is -2.17. The third-order valence-corrected chi connectivity index (χ3v) is 3.73. The number of hydrogen-bond donors (Lipinski definition) is 0. The van der Waals surface area contributed by atoms with Crippen LogP contribution >= 0.6 is 0 Å². The lowest BCUT2D eigenvalue weighted by atomic mass is 10.2. The number of rotatable bonds is 4. The lowest BCUT2D eigenvalue weighted by Gasteiger charge is -2.26. The Labute approximate surface area is 131 Å². The van der Waals surface area contributed by atoms with Gasteiger partial charge in [0.25, 0.3) is 0 Å². The highest BCUT2D eigenvalue weighted by Gasteiger charge is 2.14. The normalized spacial score (nSPS) is 10.3. The maximum absolute atomic E-state index is 4.59. The first-order valence-corrected chi connectivity index (χ1v) is 7.30. The SMILES string of the molecule is CN(c1ccccc1)c1cccnc1N(C)c1ccccc1. The van der Waals surface area contributed by atoms with Gasteiger partial charge in [-0.05, 0) is 36.4 Å². The molecule has 3 heteroatoms. The van der Waals surface area contributed by atoms with Gasteiger partial charge in [0.2, 0.25) is 0 Å². The average Bonchev–Trinajstić information content (AvgIpc) is 2.62. The molecule has 0 aliphatic heterocycles. The van der Waals surface area contributed by atoms with Crippen LogP contribution in [0.25, 0.3) is 0 Å². The Balaban J connectivity index is 2.00. The molecule has 1 aromatic heterocycles. The average molecular weight is 289 g/mol. The fourth-order valence-corrected chi connectivity index (χ4v) is 2.47. The van der Waals surface area contributed by atoms with Crippen LogP contribution in [0.5, 0.6) is 0 Å². The van der Waals surface area contributed by atoms with E-state index >= 15 is 0 Å². The van der Waals surface area contributed by atoms with Crippen molar-refractivity contribution in [3.05, 3.63) is 79.0 Å². The van der Waals surface area contributed by atoms with Crippen LogP contribution < -0.4 is 9.80 Å². The zero-order chi connectivity index (χ0) is 15.4. The van der Waals surface area contributed by atoms with E-state index in [1.54, 1.807) is 0 Å². The van der Waals surface area contributed by atoms with Crippen molar-refractivity contribution in [1.29, 1.82) is 0 Å². The van der Waals surface area contributed by atoms with Gasteiger partial charge in [0, 0.05) is 31.7 Å². The Bertz CT molecular complexity index is 661. The number of aromatic nitrogens is 1. The highest BCUT2D eigenvalue weighted by Crippen LogP contribution is 2.33. The van der Waals surface area contributed by atoms with Gasteiger partial charge in [-0.15, -0.1) is 0 Å². The first kappa shape index (κ1) is 14.1. The van der Waals surface area contributed by atoms with E-state index < -0.39 is 0 Å². The van der Waals surface area contributed by atoms with Crippen molar-refractivity contribution < 1.29 is 0 Å². The molecule has 0 amide bonds. The summed E-state index contributed by atoms with van der Waals surface area (Å²) in [6.07, 6.45) is 1.83. The van der Waals surface area contributed by atoms with Crippen LogP contribution in [0.4, 0.5) is 22.9 Å². The minimum absolute atomic E-state index is 0.931. The van der Waals surface area contributed by atoms with Gasteiger partial charge in [0.05, 0.1) is 5.69 Å². The third-order valence-electron chi connectivity index (χ3n) is 3.73. The number of para-hydroxylation sites is 2. The van der Waals surface area contributed by atoms with Crippen LogP contribution in [0.2, 0.25) is 0 Å². The quantitative estimate of drug-likeness (QED) is 0.698. The number of nitrogens with zero attached hydrogens (tertiary/aromatic N) is 3. The fraction of sp³-hybridized carbons (Fsp3) is 0.105. The van der Waals surface area contributed by atoms with Crippen molar-refractivity contribution in [2.45, 2.75) is 0 Å². The summed E-state index contributed by atoms with van der Waals surface area (Å²) in [4.78, 5) is 8.85. The van der Waals surface area contributed by atoms with Crippen LogP contribution in [-0.4, -0.2) is 19.1 Å². The first-order chi connectivity index (χ1) is 10.8. The Hall–Kier alpha value is -2.81. The summed E-state index contributed by atoms with van der Waals surface area (Å²) in [6.45, 7) is 0. The molecule has 3 aromatic rings. The van der Waals surface area contributed by atoms with Gasteiger partial charge in [-0.3, -0.25) is 0 Å². The molecule has 0 saturated heterocycles. The van der Waals surface area contributed by atoms with E-state index in [4.69, 9.17) is 0 Å². The zero-order valence-electron chi connectivity index (χ0n) is 12.8. The Morgan fingerprint density at radius 3 is 1.77 bits per heavy atom. The van der Waals surface area contributed by atoms with Gasteiger partial charge in [-0.1, -0.05) is 36.4 Å². The Kier molecular flexibility index (Phi) is 4.05. The minimum Gasteiger partial charge on any atom is -0.342 e. The van der Waals surface area contributed by atoms with Crippen LogP contribution in [0, 0.1) is 0 Å². The second-order valence-corrected chi connectivity index (χ2v) is 5.14. The van der Waals surface area contributed by atoms with Gasteiger partial charge < -0.3 is 9.80 Å². The molecule has 2 aromatic carbocycles. The molecule has 0 unspecified atom stereocenters. The predicted octanol–water partition coefficient (Wildman–Crippen LogP) is 4.62. The van der Waals surface area contributed by atoms with Crippen LogP contribution in [0.1, 0.15) is 0 Å². The highest BCUT2D eigenvalue weighted by molar-refractivity contribution is 5.77. The molecular weight excluding hydrogens is 270 g/mol. The topological polar surface area (TPSA) is 19.4 Å². The number of anilines is 4. The molecule has 110 valence electrons. The second-order valence-electron chi connectivity index (χ2n) is 5.14. The molecule has 0 atom stereocenters. The van der Waals surface area contributed by atoms with Gasteiger partial charge in [-0.25, -0.2) is 4.98 Å². The highest BCUT2D eigenvalue weighted by atomic mass is 15.2. The van der Waals surface area contributed by atoms with Gasteiger partial charge >= 0.3 is 0 Å². The van der Waals surface area contributed by atoms with E-state index in [0.29, 0.717) is 0 Å². The third kappa shape index (κ3) is 2.79. The molecule has 0 aliphatic carbocycles. The molecule has 3 nitrogen and oxygen atoms in total. The summed E-state index contributed by atoms with van der Waals surface area (Å²) in [5.41, 5.74) is 3.32. The van der Waals surface area contributed by atoms with Gasteiger partial charge in [0.1, 0.15) is 0 Å². The Morgan fingerprint density at radius 2 is 1.18 bits per heavy atom. The number of pyridine rings is 1. The largest absolute Gasteiger partial charge is 0.342 e. The van der Waals surface area contributed by atoms with Crippen LogP contribution in [0.15, 0.2) is 79.0 Å². The summed E-state index contributed by atoms with van der Waals surface area (Å²) >= 11 is 0. The minimum atomic E-state index is 0.931. The smallest absolute Gasteiger partial charge is 0.156 e. The lowest BCUT2D eigenvalue weighted by molar-refractivity contribution is 1.09. The molecule has 0 saturated carbocycles. The van der Waals surface area contributed by atoms with Crippen LogP contribution in [-0.2, 0) is 0 Å². The molecular formula is C19H19N3. The first-order valence-electron chi connectivity index (χ1n) is 7.30. The maximum Gasteiger partial charge on any atom is 0.156 e. The molecule has 22 heavy (non-hydrogen) atoms. The van der Waals surface area contributed by atoms with Gasteiger partial charge in [-0.2, -0.15) is 0 Å². The summed E-state index contributed by atoms with van der Waals surface area (Å²) in [6, 6.07) is 24.6.